The van der Waals surface area contributed by atoms with Crippen molar-refractivity contribution in [3.8, 4) is 0 Å². The van der Waals surface area contributed by atoms with Crippen molar-refractivity contribution >= 4 is 31.1 Å². The van der Waals surface area contributed by atoms with Gasteiger partial charge in [-0.15, -0.1) is 0 Å². The predicted molar refractivity (Wildman–Crippen MR) is 112 cm³/mol. The van der Waals surface area contributed by atoms with Gasteiger partial charge in [-0.3, -0.25) is 9.67 Å². The van der Waals surface area contributed by atoms with Crippen LogP contribution in [0.25, 0.3) is 11.1 Å². The van der Waals surface area contributed by atoms with Gasteiger partial charge in [0.1, 0.15) is 4.90 Å². The Balaban J connectivity index is 1.61. The second-order valence-electron chi connectivity index (χ2n) is 7.48. The minimum absolute atomic E-state index is 0.0138. The Kier molecular flexibility index (Phi) is 5.32. The van der Waals surface area contributed by atoms with Crippen molar-refractivity contribution < 1.29 is 21.3 Å². The van der Waals surface area contributed by atoms with E-state index in [9.17, 15) is 21.6 Å². The fourth-order valence-electron chi connectivity index (χ4n) is 3.82. The molecule has 11 nitrogen and oxygen atoms in total. The smallest absolute Gasteiger partial charge is 0.408 e. The number of hydrogen-bond acceptors (Lipinski definition) is 7. The second kappa shape index (κ2) is 7.58. The largest absolute Gasteiger partial charge is 0.419 e. The summed E-state index contributed by atoms with van der Waals surface area (Å²) in [5, 5.41) is 6.64. The number of hydrogen-bond donors (Lipinski definition) is 1. The maximum Gasteiger partial charge on any atom is 0.419 e. The third-order valence-corrected chi connectivity index (χ3v) is 9.53. The van der Waals surface area contributed by atoms with Crippen LogP contribution in [0.1, 0.15) is 17.8 Å². The summed E-state index contributed by atoms with van der Waals surface area (Å²) in [7, 11) is -6.19. The molecule has 0 saturated carbocycles. The number of nitrogens with zero attached hydrogens (tertiary/aromatic N) is 4. The van der Waals surface area contributed by atoms with E-state index >= 15 is 0 Å². The first-order valence-corrected chi connectivity index (χ1v) is 12.5. The Bertz CT molecular complexity index is 1400. The summed E-state index contributed by atoms with van der Waals surface area (Å²) < 4.78 is 61.5. The normalized spacial score (nSPS) is 17.3. The zero-order chi connectivity index (χ0) is 22.6. The van der Waals surface area contributed by atoms with Gasteiger partial charge in [0, 0.05) is 33.2 Å². The number of nitrogens with one attached hydrogen (secondary N) is 1. The van der Waals surface area contributed by atoms with Gasteiger partial charge in [0.05, 0.1) is 21.8 Å². The van der Waals surface area contributed by atoms with Crippen LogP contribution >= 0.6 is 0 Å². The number of H-pyrrole nitrogens is 1. The van der Waals surface area contributed by atoms with Crippen LogP contribution in [0.3, 0.4) is 0 Å². The van der Waals surface area contributed by atoms with Crippen LogP contribution in [-0.2, 0) is 27.1 Å². The SMILES string of the molecule is Cc1n[nH]c(C)c1S(=O)(=O)N1CCCN(S(=O)(=O)c2ccc3oc(=O)n(C)c3c2)CC1. The number of aromatic amines is 1. The fourth-order valence-corrected chi connectivity index (χ4v) is 7.11. The highest BCUT2D eigenvalue weighted by atomic mass is 32.2. The molecule has 4 rings (SSSR count). The van der Waals surface area contributed by atoms with E-state index in [1.165, 1.54) is 38.4 Å². The van der Waals surface area contributed by atoms with Crippen LogP contribution in [0.5, 0.6) is 0 Å². The molecule has 2 aromatic heterocycles. The van der Waals surface area contributed by atoms with Crippen LogP contribution in [0.2, 0.25) is 0 Å². The summed E-state index contributed by atoms with van der Waals surface area (Å²) in [6.45, 7) is 3.68. The second-order valence-corrected chi connectivity index (χ2v) is 11.3. The molecule has 0 amide bonds. The van der Waals surface area contributed by atoms with E-state index in [-0.39, 0.29) is 36.0 Å². The Morgan fingerprint density at radius 3 is 2.26 bits per heavy atom. The molecule has 0 unspecified atom stereocenters. The minimum Gasteiger partial charge on any atom is -0.408 e. The summed E-state index contributed by atoms with van der Waals surface area (Å²) in [4.78, 5) is 11.8. The number of aromatic nitrogens is 3. The number of sulfonamides is 2. The van der Waals surface area contributed by atoms with Crippen molar-refractivity contribution in [2.75, 3.05) is 26.2 Å². The van der Waals surface area contributed by atoms with Gasteiger partial charge in [-0.05, 0) is 38.5 Å². The molecule has 1 N–H and O–H groups in total. The maximum absolute atomic E-state index is 13.2. The van der Waals surface area contributed by atoms with Gasteiger partial charge in [0.2, 0.25) is 20.0 Å². The van der Waals surface area contributed by atoms with Crippen molar-refractivity contribution in [2.45, 2.75) is 30.1 Å². The van der Waals surface area contributed by atoms with E-state index in [2.05, 4.69) is 10.2 Å². The lowest BCUT2D eigenvalue weighted by atomic mass is 10.3. The van der Waals surface area contributed by atoms with Crippen LogP contribution in [-0.4, -0.2) is 66.4 Å². The summed E-state index contributed by atoms with van der Waals surface area (Å²) in [5.74, 6) is -0.579. The lowest BCUT2D eigenvalue weighted by Gasteiger charge is -2.22. The molecule has 0 spiro atoms. The lowest BCUT2D eigenvalue weighted by Crippen LogP contribution is -2.37. The van der Waals surface area contributed by atoms with E-state index in [0.29, 0.717) is 28.9 Å². The van der Waals surface area contributed by atoms with E-state index in [1.54, 1.807) is 13.8 Å². The molecule has 1 aliphatic rings. The molecule has 1 saturated heterocycles. The summed E-state index contributed by atoms with van der Waals surface area (Å²) >= 11 is 0. The van der Waals surface area contributed by atoms with E-state index < -0.39 is 25.8 Å². The van der Waals surface area contributed by atoms with Crippen molar-refractivity contribution in [3.05, 3.63) is 40.1 Å². The van der Waals surface area contributed by atoms with Gasteiger partial charge >= 0.3 is 5.76 Å². The first-order chi connectivity index (χ1) is 14.5. The topological polar surface area (TPSA) is 139 Å². The number of aryl methyl sites for hydroxylation is 3. The highest BCUT2D eigenvalue weighted by molar-refractivity contribution is 7.89. The van der Waals surface area contributed by atoms with Gasteiger partial charge in [-0.2, -0.15) is 13.7 Å². The minimum atomic E-state index is -3.89. The zero-order valence-electron chi connectivity index (χ0n) is 17.3. The average molecular weight is 470 g/mol. The van der Waals surface area contributed by atoms with Crippen molar-refractivity contribution in [1.29, 1.82) is 0 Å². The number of rotatable bonds is 4. The Morgan fingerprint density at radius 2 is 1.65 bits per heavy atom. The molecule has 13 heteroatoms. The first-order valence-electron chi connectivity index (χ1n) is 9.65. The zero-order valence-corrected chi connectivity index (χ0v) is 19.0. The molecule has 0 radical (unpaired) electrons. The first kappa shape index (κ1) is 21.7. The van der Waals surface area contributed by atoms with Gasteiger partial charge in [0.25, 0.3) is 0 Å². The van der Waals surface area contributed by atoms with Crippen molar-refractivity contribution in [2.24, 2.45) is 7.05 Å². The van der Waals surface area contributed by atoms with E-state index in [4.69, 9.17) is 4.42 Å². The third kappa shape index (κ3) is 3.60. The summed E-state index contributed by atoms with van der Waals surface area (Å²) in [5.41, 5.74) is 1.50. The molecule has 1 aliphatic heterocycles. The molecule has 0 aliphatic carbocycles. The standard InChI is InChI=1S/C18H23N5O6S2/c1-12-17(13(2)20-19-12)31(27,28)23-8-4-7-22(9-10-23)30(25,26)14-5-6-16-15(11-14)21(3)18(24)29-16/h5-6,11H,4,7-10H2,1-3H3,(H,19,20). The molecule has 168 valence electrons. The Labute approximate surface area is 179 Å². The van der Waals surface area contributed by atoms with E-state index in [1.807, 2.05) is 0 Å². The van der Waals surface area contributed by atoms with Gasteiger partial charge in [0.15, 0.2) is 5.58 Å². The molecule has 0 bridgehead atoms. The Morgan fingerprint density at radius 1 is 1.00 bits per heavy atom. The van der Waals surface area contributed by atoms with Gasteiger partial charge < -0.3 is 4.42 Å². The maximum atomic E-state index is 13.2. The highest BCUT2D eigenvalue weighted by Crippen LogP contribution is 2.25. The molecule has 1 aromatic carbocycles. The highest BCUT2D eigenvalue weighted by Gasteiger charge is 2.34. The van der Waals surface area contributed by atoms with Gasteiger partial charge in [-0.25, -0.2) is 21.6 Å². The summed E-state index contributed by atoms with van der Waals surface area (Å²) in [6, 6.07) is 4.23. The molecule has 1 fully saturated rings. The van der Waals surface area contributed by atoms with E-state index in [0.717, 1.165) is 0 Å². The van der Waals surface area contributed by atoms with Crippen molar-refractivity contribution in [3.63, 3.8) is 0 Å². The molecule has 0 atom stereocenters. The monoisotopic (exact) mass is 469 g/mol. The molecule has 3 heterocycles. The van der Waals surface area contributed by atoms with Crippen LogP contribution in [0.4, 0.5) is 0 Å². The lowest BCUT2D eigenvalue weighted by molar-refractivity contribution is 0.404. The molecular weight excluding hydrogens is 446 g/mol. The van der Waals surface area contributed by atoms with Crippen molar-refractivity contribution in [1.82, 2.24) is 23.4 Å². The molecule has 31 heavy (non-hydrogen) atoms. The Hall–Kier alpha value is -2.48. The van der Waals surface area contributed by atoms with Crippen LogP contribution < -0.4 is 5.76 Å². The fraction of sp³-hybridized carbons (Fsp3) is 0.444. The summed E-state index contributed by atoms with van der Waals surface area (Å²) in [6.07, 6.45) is 0.348. The number of oxazole rings is 1. The van der Waals surface area contributed by atoms with Crippen LogP contribution in [0, 0.1) is 13.8 Å². The average Bonchev–Trinajstić information content (AvgIpc) is 3.07. The molecule has 3 aromatic rings. The number of fused-ring (bicyclic) bond motifs is 1. The number of benzene rings is 1. The third-order valence-electron chi connectivity index (χ3n) is 5.47. The predicted octanol–water partition coefficient (Wildman–Crippen LogP) is 0.557. The molecular formula is C18H23N5O6S2. The van der Waals surface area contributed by atoms with Gasteiger partial charge in [-0.1, -0.05) is 0 Å². The quantitative estimate of drug-likeness (QED) is 0.589. The van der Waals surface area contributed by atoms with Crippen LogP contribution in [0.15, 0.2) is 37.2 Å².